The summed E-state index contributed by atoms with van der Waals surface area (Å²) in [6.45, 7) is 3.64. The molecule has 2 fully saturated rings. The Kier molecular flexibility index (Phi) is 4.76. The molecule has 1 aromatic carbocycles. The van der Waals surface area contributed by atoms with E-state index >= 15 is 0 Å². The fraction of sp³-hybridized carbons (Fsp3) is 0.280. The number of rotatable bonds is 4. The molecule has 160 valence electrons. The van der Waals surface area contributed by atoms with Gasteiger partial charge < -0.3 is 10.2 Å². The quantitative estimate of drug-likeness (QED) is 0.528. The number of hydrogen-bond donors (Lipinski definition) is 1. The van der Waals surface area contributed by atoms with Gasteiger partial charge >= 0.3 is 0 Å². The highest BCUT2D eigenvalue weighted by Gasteiger charge is 2.29. The van der Waals surface area contributed by atoms with Crippen molar-refractivity contribution in [3.8, 4) is 22.5 Å². The molecule has 0 spiro atoms. The number of benzene rings is 1. The first-order valence-electron chi connectivity index (χ1n) is 11.1. The molecule has 1 aliphatic heterocycles. The van der Waals surface area contributed by atoms with Crippen LogP contribution in [0.25, 0.3) is 33.4 Å². The normalized spacial score (nSPS) is 16.5. The molecule has 1 N–H and O–H groups in total. The van der Waals surface area contributed by atoms with Crippen molar-refractivity contribution in [2.45, 2.75) is 18.8 Å². The number of nitrogens with zero attached hydrogens (tertiary/aromatic N) is 5. The summed E-state index contributed by atoms with van der Waals surface area (Å²) in [7, 11) is 0. The van der Waals surface area contributed by atoms with Gasteiger partial charge in [0.15, 0.2) is 5.82 Å². The molecular formula is C25H23FN6. The van der Waals surface area contributed by atoms with Crippen LogP contribution in [0.1, 0.15) is 24.3 Å². The molecule has 0 unspecified atom stereocenters. The van der Waals surface area contributed by atoms with E-state index in [2.05, 4.69) is 20.2 Å². The molecule has 0 amide bonds. The zero-order valence-corrected chi connectivity index (χ0v) is 17.6. The third kappa shape index (κ3) is 3.48. The van der Waals surface area contributed by atoms with Crippen molar-refractivity contribution in [1.82, 2.24) is 25.3 Å². The first-order chi connectivity index (χ1) is 15.8. The van der Waals surface area contributed by atoms with E-state index in [4.69, 9.17) is 9.97 Å². The molecule has 3 aromatic heterocycles. The number of hydrogen-bond acceptors (Lipinski definition) is 6. The van der Waals surface area contributed by atoms with Crippen molar-refractivity contribution in [2.75, 3.05) is 31.1 Å². The van der Waals surface area contributed by atoms with E-state index in [0.29, 0.717) is 11.7 Å². The van der Waals surface area contributed by atoms with Crippen LogP contribution in [-0.4, -0.2) is 46.1 Å². The number of aromatic nitrogens is 4. The van der Waals surface area contributed by atoms with Gasteiger partial charge in [-0.25, -0.2) is 14.4 Å². The summed E-state index contributed by atoms with van der Waals surface area (Å²) < 4.78 is 14.0. The first-order valence-corrected chi connectivity index (χ1v) is 11.1. The summed E-state index contributed by atoms with van der Waals surface area (Å²) in [6, 6.07) is 8.46. The van der Waals surface area contributed by atoms with Crippen molar-refractivity contribution >= 4 is 16.7 Å². The Hall–Kier alpha value is -3.45. The van der Waals surface area contributed by atoms with E-state index in [1.165, 1.54) is 30.5 Å². The van der Waals surface area contributed by atoms with Crippen LogP contribution in [0, 0.1) is 5.82 Å². The van der Waals surface area contributed by atoms with Gasteiger partial charge in [0.1, 0.15) is 11.6 Å². The first kappa shape index (κ1) is 19.3. The van der Waals surface area contributed by atoms with Crippen LogP contribution in [0.15, 0.2) is 55.1 Å². The van der Waals surface area contributed by atoms with E-state index < -0.39 is 0 Å². The Balaban J connectivity index is 1.57. The zero-order chi connectivity index (χ0) is 21.5. The average Bonchev–Trinajstić information content (AvgIpc) is 3.69. The summed E-state index contributed by atoms with van der Waals surface area (Å²) in [5.74, 6) is 1.85. The van der Waals surface area contributed by atoms with Crippen molar-refractivity contribution in [3.05, 3.63) is 66.5 Å². The molecule has 0 atom stereocenters. The fourth-order valence-corrected chi connectivity index (χ4v) is 4.49. The van der Waals surface area contributed by atoms with Crippen LogP contribution in [0.3, 0.4) is 0 Å². The van der Waals surface area contributed by atoms with Crippen LogP contribution < -0.4 is 10.2 Å². The van der Waals surface area contributed by atoms with Crippen molar-refractivity contribution in [1.29, 1.82) is 0 Å². The van der Waals surface area contributed by atoms with E-state index in [-0.39, 0.29) is 5.82 Å². The van der Waals surface area contributed by atoms with Gasteiger partial charge in [-0.1, -0.05) is 12.1 Å². The maximum atomic E-state index is 14.0. The molecule has 6 rings (SSSR count). The average molecular weight is 426 g/mol. The Labute approximate surface area is 185 Å². The number of pyridine rings is 2. The van der Waals surface area contributed by atoms with E-state index in [0.717, 1.165) is 59.6 Å². The second-order valence-electron chi connectivity index (χ2n) is 8.44. The Bertz CT molecular complexity index is 1300. The summed E-state index contributed by atoms with van der Waals surface area (Å²) in [5.41, 5.74) is 4.51. The molecule has 6 nitrogen and oxygen atoms in total. The second-order valence-corrected chi connectivity index (χ2v) is 8.44. The maximum absolute atomic E-state index is 14.0. The lowest BCUT2D eigenvalue weighted by Crippen LogP contribution is -2.44. The van der Waals surface area contributed by atoms with E-state index in [9.17, 15) is 4.39 Å². The van der Waals surface area contributed by atoms with Gasteiger partial charge in [-0.05, 0) is 48.1 Å². The molecule has 4 heterocycles. The molecular weight excluding hydrogens is 403 g/mol. The highest BCUT2D eigenvalue weighted by Crippen LogP contribution is 2.45. The Morgan fingerprint density at radius 1 is 0.938 bits per heavy atom. The number of halogens is 1. The fourth-order valence-electron chi connectivity index (χ4n) is 4.49. The van der Waals surface area contributed by atoms with E-state index in [1.54, 1.807) is 18.5 Å². The summed E-state index contributed by atoms with van der Waals surface area (Å²) >= 11 is 0. The van der Waals surface area contributed by atoms with Crippen molar-refractivity contribution in [3.63, 3.8) is 0 Å². The summed E-state index contributed by atoms with van der Waals surface area (Å²) in [5, 5.41) is 4.54. The lowest BCUT2D eigenvalue weighted by molar-refractivity contribution is 0.586. The SMILES string of the molecule is Fc1cccc(-c2cnccc2-c2nc(N3CCNCC3)c3c(C4CC4)cncc3n2)c1. The largest absolute Gasteiger partial charge is 0.353 e. The van der Waals surface area contributed by atoms with Crippen LogP contribution in [0.4, 0.5) is 10.2 Å². The van der Waals surface area contributed by atoms with Gasteiger partial charge in [-0.2, -0.15) is 0 Å². The number of fused-ring (bicyclic) bond motifs is 1. The van der Waals surface area contributed by atoms with Gasteiger partial charge in [0.2, 0.25) is 0 Å². The van der Waals surface area contributed by atoms with Gasteiger partial charge in [0.25, 0.3) is 0 Å². The van der Waals surface area contributed by atoms with Crippen LogP contribution in [-0.2, 0) is 0 Å². The predicted octanol–water partition coefficient (Wildman–Crippen LogP) is 4.18. The predicted molar refractivity (Wildman–Crippen MR) is 123 cm³/mol. The second kappa shape index (κ2) is 7.91. The minimum atomic E-state index is -0.281. The molecule has 1 saturated carbocycles. The van der Waals surface area contributed by atoms with Crippen LogP contribution in [0.2, 0.25) is 0 Å². The topological polar surface area (TPSA) is 66.8 Å². The van der Waals surface area contributed by atoms with Gasteiger partial charge in [-0.3, -0.25) is 9.97 Å². The third-order valence-corrected chi connectivity index (χ3v) is 6.25. The summed E-state index contributed by atoms with van der Waals surface area (Å²) in [4.78, 5) is 21.2. The van der Waals surface area contributed by atoms with Crippen LogP contribution >= 0.6 is 0 Å². The van der Waals surface area contributed by atoms with Gasteiger partial charge in [0.05, 0.1) is 11.7 Å². The Morgan fingerprint density at radius 2 is 1.81 bits per heavy atom. The van der Waals surface area contributed by atoms with Crippen molar-refractivity contribution < 1.29 is 4.39 Å². The van der Waals surface area contributed by atoms with Gasteiger partial charge in [-0.15, -0.1) is 0 Å². The molecule has 1 saturated heterocycles. The molecule has 0 radical (unpaired) electrons. The highest BCUT2D eigenvalue weighted by atomic mass is 19.1. The van der Waals surface area contributed by atoms with Crippen LogP contribution in [0.5, 0.6) is 0 Å². The smallest absolute Gasteiger partial charge is 0.162 e. The molecule has 0 bridgehead atoms. The van der Waals surface area contributed by atoms with Gasteiger partial charge in [0, 0.05) is 61.3 Å². The number of piperazine rings is 1. The number of nitrogens with one attached hydrogen (secondary N) is 1. The highest BCUT2D eigenvalue weighted by molar-refractivity contribution is 5.95. The summed E-state index contributed by atoms with van der Waals surface area (Å²) in [6.07, 6.45) is 9.69. The maximum Gasteiger partial charge on any atom is 0.162 e. The molecule has 2 aliphatic rings. The molecule has 7 heteroatoms. The minimum Gasteiger partial charge on any atom is -0.353 e. The minimum absolute atomic E-state index is 0.281. The lowest BCUT2D eigenvalue weighted by Gasteiger charge is -2.30. The molecule has 4 aromatic rings. The van der Waals surface area contributed by atoms with E-state index in [1.807, 2.05) is 24.5 Å². The molecule has 1 aliphatic carbocycles. The number of anilines is 1. The standard InChI is InChI=1S/C25H23FN6/c26-18-3-1-2-17(12-18)20-13-28-7-6-19(20)24-30-22-15-29-14-21(16-4-5-16)23(22)25(31-24)32-10-8-27-9-11-32/h1-3,6-7,12-16,27H,4-5,8-11H2. The zero-order valence-electron chi connectivity index (χ0n) is 17.6. The van der Waals surface area contributed by atoms with Crippen molar-refractivity contribution in [2.24, 2.45) is 0 Å². The molecule has 32 heavy (non-hydrogen) atoms. The monoisotopic (exact) mass is 426 g/mol. The third-order valence-electron chi connectivity index (χ3n) is 6.25. The Morgan fingerprint density at radius 3 is 2.62 bits per heavy atom. The lowest BCUT2D eigenvalue weighted by atomic mass is 10.0.